The Kier molecular flexibility index (Phi) is 9.58. The highest BCUT2D eigenvalue weighted by molar-refractivity contribution is 6.33. The summed E-state index contributed by atoms with van der Waals surface area (Å²) in [6, 6.07) is 5.25. The highest BCUT2D eigenvalue weighted by Gasteiger charge is 2.32. The molecule has 3 aromatic rings. The molecule has 2 aliphatic rings. The number of fused-ring (bicyclic) bond motifs is 2. The van der Waals surface area contributed by atoms with E-state index in [1.165, 1.54) is 13.3 Å². The number of aliphatic hydroxyl groups is 1. The summed E-state index contributed by atoms with van der Waals surface area (Å²) in [6.45, 7) is 8.93. The minimum atomic E-state index is -0.765. The Bertz CT molecular complexity index is 1430. The van der Waals surface area contributed by atoms with E-state index in [0.717, 1.165) is 0 Å². The van der Waals surface area contributed by atoms with Gasteiger partial charge in [0.2, 0.25) is 5.88 Å². The van der Waals surface area contributed by atoms with Gasteiger partial charge in [-0.2, -0.15) is 0 Å². The molecule has 1 unspecified atom stereocenters. The molecule has 0 radical (unpaired) electrons. The summed E-state index contributed by atoms with van der Waals surface area (Å²) in [6.07, 6.45) is 3.09. The smallest absolute Gasteiger partial charge is 0.410 e. The number of nitrogens with zero attached hydrogens (tertiary/aromatic N) is 5. The second kappa shape index (κ2) is 13.4. The number of hydrogen-bond acceptors (Lipinski definition) is 11. The summed E-state index contributed by atoms with van der Waals surface area (Å²) >= 11 is 6.37. The van der Waals surface area contributed by atoms with E-state index in [0.29, 0.717) is 90.6 Å². The number of methoxy groups -OCH3 is 1. The highest BCUT2D eigenvalue weighted by atomic mass is 35.5. The average Bonchev–Trinajstić information content (AvgIpc) is 2.99. The van der Waals surface area contributed by atoms with Crippen LogP contribution in [0.2, 0.25) is 5.02 Å². The molecule has 0 saturated carbocycles. The molecule has 232 valence electrons. The van der Waals surface area contributed by atoms with Crippen molar-refractivity contribution in [2.24, 2.45) is 0 Å². The third-order valence-electron chi connectivity index (χ3n) is 7.34. The Morgan fingerprint density at radius 1 is 1.16 bits per heavy atom. The van der Waals surface area contributed by atoms with E-state index in [4.69, 9.17) is 35.3 Å². The Balaban J connectivity index is 1.11. The lowest BCUT2D eigenvalue weighted by molar-refractivity contribution is -0.00146. The third kappa shape index (κ3) is 7.67. The van der Waals surface area contributed by atoms with Gasteiger partial charge >= 0.3 is 6.09 Å². The van der Waals surface area contributed by atoms with E-state index >= 15 is 0 Å². The quantitative estimate of drug-likeness (QED) is 0.373. The molecule has 0 aliphatic carbocycles. The standard InChI is InChI=1S/C30H38ClN5O7/c1-30(2,3)36(16-19-13-24-25(14-32-19)41-12-11-40-24)29(38)43-21-7-9-35(10-8-21)17-20(37)18-42-28-22(31)5-6-23-27(28)34-26(39-4)15-33-23/h5-6,13-15,20-21,37H,7-12,16-18H2,1-4H3. The van der Waals surface area contributed by atoms with Crippen LogP contribution in [0.3, 0.4) is 0 Å². The molecule has 2 aliphatic heterocycles. The number of aromatic nitrogens is 3. The van der Waals surface area contributed by atoms with Gasteiger partial charge in [0.1, 0.15) is 37.5 Å². The number of amides is 1. The number of benzene rings is 1. The molecular weight excluding hydrogens is 578 g/mol. The van der Waals surface area contributed by atoms with Crippen LogP contribution in [-0.4, -0.2) is 100 Å². The van der Waals surface area contributed by atoms with E-state index in [1.807, 2.05) is 26.8 Å². The molecule has 12 nitrogen and oxygen atoms in total. The molecule has 43 heavy (non-hydrogen) atoms. The zero-order valence-corrected chi connectivity index (χ0v) is 25.7. The molecular formula is C30H38ClN5O7. The summed E-state index contributed by atoms with van der Waals surface area (Å²) in [5, 5.41) is 11.1. The number of β-amino-alcohol motifs (C(OH)–C–C–N with tert-alkyl or cyclic N) is 1. The minimum Gasteiger partial charge on any atom is -0.487 e. The van der Waals surface area contributed by atoms with Crippen LogP contribution in [0.4, 0.5) is 4.79 Å². The van der Waals surface area contributed by atoms with Crippen LogP contribution in [0.25, 0.3) is 11.0 Å². The maximum atomic E-state index is 13.3. The number of hydrogen-bond donors (Lipinski definition) is 1. The molecule has 1 amide bonds. The van der Waals surface area contributed by atoms with Crippen molar-refractivity contribution in [1.29, 1.82) is 0 Å². The van der Waals surface area contributed by atoms with Gasteiger partial charge in [-0.15, -0.1) is 0 Å². The first-order chi connectivity index (χ1) is 20.6. The molecule has 1 atom stereocenters. The highest BCUT2D eigenvalue weighted by Crippen LogP contribution is 2.33. The van der Waals surface area contributed by atoms with Crippen LogP contribution in [-0.2, 0) is 11.3 Å². The molecule has 1 aromatic carbocycles. The zero-order chi connectivity index (χ0) is 30.6. The third-order valence-corrected chi connectivity index (χ3v) is 7.63. The summed E-state index contributed by atoms with van der Waals surface area (Å²) in [5.41, 5.74) is 1.29. The van der Waals surface area contributed by atoms with Crippen molar-refractivity contribution >= 4 is 28.7 Å². The fourth-order valence-electron chi connectivity index (χ4n) is 5.01. The molecule has 0 bridgehead atoms. The number of ether oxygens (including phenoxy) is 5. The molecule has 1 saturated heterocycles. The molecule has 1 N–H and O–H groups in total. The van der Waals surface area contributed by atoms with Crippen molar-refractivity contribution < 1.29 is 33.6 Å². The van der Waals surface area contributed by atoms with Crippen molar-refractivity contribution in [2.45, 2.75) is 57.9 Å². The maximum absolute atomic E-state index is 13.3. The van der Waals surface area contributed by atoms with Crippen LogP contribution in [0.15, 0.2) is 30.6 Å². The van der Waals surface area contributed by atoms with E-state index in [1.54, 1.807) is 23.2 Å². The summed E-state index contributed by atoms with van der Waals surface area (Å²) < 4.78 is 28.3. The van der Waals surface area contributed by atoms with Gasteiger partial charge in [0.25, 0.3) is 0 Å². The largest absolute Gasteiger partial charge is 0.487 e. The number of aliphatic hydroxyl groups excluding tert-OH is 1. The number of carbonyl (C=O) groups is 1. The van der Waals surface area contributed by atoms with Crippen molar-refractivity contribution in [1.82, 2.24) is 24.8 Å². The van der Waals surface area contributed by atoms with Gasteiger partial charge in [0.05, 0.1) is 42.3 Å². The second-order valence-electron chi connectivity index (χ2n) is 11.6. The lowest BCUT2D eigenvalue weighted by atomic mass is 10.1. The lowest BCUT2D eigenvalue weighted by Crippen LogP contribution is -2.48. The van der Waals surface area contributed by atoms with E-state index < -0.39 is 11.6 Å². The van der Waals surface area contributed by atoms with Gasteiger partial charge in [-0.25, -0.2) is 14.8 Å². The summed E-state index contributed by atoms with van der Waals surface area (Å²) in [5.74, 6) is 1.93. The summed E-state index contributed by atoms with van der Waals surface area (Å²) in [7, 11) is 1.51. The molecule has 1 fully saturated rings. The first kappa shape index (κ1) is 30.8. The number of rotatable bonds is 9. The average molecular weight is 616 g/mol. The van der Waals surface area contributed by atoms with Crippen molar-refractivity contribution in [3.05, 3.63) is 41.3 Å². The van der Waals surface area contributed by atoms with Gasteiger partial charge in [-0.1, -0.05) is 11.6 Å². The fraction of sp³-hybridized carbons (Fsp3) is 0.533. The number of likely N-dealkylation sites (tertiary alicyclic amines) is 1. The normalized spacial score (nSPS) is 16.5. The number of carbonyl (C=O) groups excluding carboxylic acids is 1. The Hall–Kier alpha value is -3.61. The van der Waals surface area contributed by atoms with Crippen molar-refractivity contribution in [3.8, 4) is 23.1 Å². The topological polar surface area (TPSA) is 129 Å². The van der Waals surface area contributed by atoms with Crippen LogP contribution in [0.1, 0.15) is 39.3 Å². The number of piperidine rings is 1. The monoisotopic (exact) mass is 615 g/mol. The van der Waals surface area contributed by atoms with Gasteiger partial charge in [-0.3, -0.25) is 9.88 Å². The first-order valence-corrected chi connectivity index (χ1v) is 14.7. The maximum Gasteiger partial charge on any atom is 0.410 e. The van der Waals surface area contributed by atoms with Crippen molar-refractivity contribution in [2.75, 3.05) is 46.6 Å². The molecule has 13 heteroatoms. The predicted molar refractivity (Wildman–Crippen MR) is 159 cm³/mol. The SMILES string of the molecule is COc1cnc2ccc(Cl)c(OCC(O)CN3CCC(OC(=O)N(Cc4cc5c(cn4)OCCO5)C(C)(C)C)CC3)c2n1. The van der Waals surface area contributed by atoms with Gasteiger partial charge in [0.15, 0.2) is 17.2 Å². The van der Waals surface area contributed by atoms with Crippen LogP contribution in [0, 0.1) is 0 Å². The minimum absolute atomic E-state index is 0.0288. The van der Waals surface area contributed by atoms with Gasteiger partial charge in [-0.05, 0) is 45.7 Å². The second-order valence-corrected chi connectivity index (χ2v) is 12.0. The van der Waals surface area contributed by atoms with Gasteiger partial charge < -0.3 is 33.7 Å². The van der Waals surface area contributed by atoms with E-state index in [9.17, 15) is 9.90 Å². The number of pyridine rings is 1. The van der Waals surface area contributed by atoms with Crippen LogP contribution >= 0.6 is 11.6 Å². The predicted octanol–water partition coefficient (Wildman–Crippen LogP) is 4.10. The van der Waals surface area contributed by atoms with E-state index in [2.05, 4.69) is 19.9 Å². The molecule has 5 rings (SSSR count). The molecule has 2 aromatic heterocycles. The van der Waals surface area contributed by atoms with E-state index in [-0.39, 0.29) is 25.3 Å². The van der Waals surface area contributed by atoms with Crippen molar-refractivity contribution in [3.63, 3.8) is 0 Å². The van der Waals surface area contributed by atoms with Crippen LogP contribution < -0.4 is 18.9 Å². The molecule has 0 spiro atoms. The molecule has 4 heterocycles. The zero-order valence-electron chi connectivity index (χ0n) is 24.9. The van der Waals surface area contributed by atoms with Gasteiger partial charge in [0, 0.05) is 31.2 Å². The Morgan fingerprint density at radius 2 is 1.91 bits per heavy atom. The summed E-state index contributed by atoms with van der Waals surface area (Å²) in [4.78, 5) is 30.3. The first-order valence-electron chi connectivity index (χ1n) is 14.4. The number of halogens is 1. The Morgan fingerprint density at radius 3 is 2.63 bits per heavy atom. The Labute approximate surface area is 255 Å². The lowest BCUT2D eigenvalue weighted by Gasteiger charge is -2.37. The fourth-order valence-corrected chi connectivity index (χ4v) is 5.21. The van der Waals surface area contributed by atoms with Crippen LogP contribution in [0.5, 0.6) is 23.1 Å².